The van der Waals surface area contributed by atoms with Gasteiger partial charge in [0.2, 0.25) is 3.79 Å². The predicted octanol–water partition coefficient (Wildman–Crippen LogP) is 3.24. The molecular formula is C15H15Cl3N2O4. The molecular weight excluding hydrogens is 379 g/mol. The number of urea groups is 1. The summed E-state index contributed by atoms with van der Waals surface area (Å²) in [5.41, 5.74) is 1.16. The molecule has 130 valence electrons. The van der Waals surface area contributed by atoms with Gasteiger partial charge in [0.25, 0.3) is 0 Å². The molecule has 1 aromatic carbocycles. The minimum atomic E-state index is -1.73. The molecule has 1 aromatic rings. The van der Waals surface area contributed by atoms with Gasteiger partial charge >= 0.3 is 12.0 Å². The average Bonchev–Trinajstić information content (AvgIpc) is 2.51. The lowest BCUT2D eigenvalue weighted by Crippen LogP contribution is -2.45. The summed E-state index contributed by atoms with van der Waals surface area (Å²) in [5, 5.41) is 5.21. The smallest absolute Gasteiger partial charge is 0.338 e. The number of ether oxygens (including phenoxy) is 2. The lowest BCUT2D eigenvalue weighted by Gasteiger charge is -2.29. The molecule has 1 heterocycles. The first-order valence-electron chi connectivity index (χ1n) is 6.88. The predicted molar refractivity (Wildman–Crippen MR) is 91.4 cm³/mol. The van der Waals surface area contributed by atoms with E-state index >= 15 is 0 Å². The van der Waals surface area contributed by atoms with Crippen LogP contribution >= 0.6 is 34.8 Å². The second-order valence-electron chi connectivity index (χ2n) is 5.00. The number of allylic oxidation sites excluding steroid dienone is 1. The van der Waals surface area contributed by atoms with Crippen LogP contribution in [0.4, 0.5) is 4.79 Å². The highest BCUT2D eigenvalue weighted by Crippen LogP contribution is 2.34. The highest BCUT2D eigenvalue weighted by Gasteiger charge is 2.35. The van der Waals surface area contributed by atoms with Crippen LogP contribution in [0.15, 0.2) is 35.5 Å². The van der Waals surface area contributed by atoms with E-state index in [-0.39, 0.29) is 5.57 Å². The van der Waals surface area contributed by atoms with Crippen LogP contribution in [0, 0.1) is 0 Å². The standard InChI is InChI=1S/C15H15Cl3N2O4/c1-8-11(13(21)24-7-15(16,17)18)12(20-14(22)19-8)9-5-3-4-6-10(9)23-2/h3-6,12H,7H2,1-2H3,(H2,19,20,22)/t12-/m0/s1. The molecule has 0 bridgehead atoms. The summed E-state index contributed by atoms with van der Waals surface area (Å²) in [5.74, 6) is -0.189. The van der Waals surface area contributed by atoms with Gasteiger partial charge in [-0.25, -0.2) is 9.59 Å². The van der Waals surface area contributed by atoms with E-state index < -0.39 is 28.4 Å². The molecule has 2 rings (SSSR count). The highest BCUT2D eigenvalue weighted by atomic mass is 35.6. The van der Waals surface area contributed by atoms with Gasteiger partial charge in [0.1, 0.15) is 12.4 Å². The number of carbonyl (C=O) groups is 2. The number of esters is 1. The van der Waals surface area contributed by atoms with Crippen molar-refractivity contribution in [2.45, 2.75) is 16.8 Å². The van der Waals surface area contributed by atoms with Gasteiger partial charge in [0.15, 0.2) is 0 Å². The van der Waals surface area contributed by atoms with Gasteiger partial charge in [0.05, 0.1) is 18.7 Å². The Morgan fingerprint density at radius 2 is 1.96 bits per heavy atom. The zero-order chi connectivity index (χ0) is 17.9. The number of benzene rings is 1. The maximum Gasteiger partial charge on any atom is 0.338 e. The van der Waals surface area contributed by atoms with Crippen molar-refractivity contribution in [1.29, 1.82) is 0 Å². The van der Waals surface area contributed by atoms with Crippen molar-refractivity contribution in [1.82, 2.24) is 10.6 Å². The minimum Gasteiger partial charge on any atom is -0.496 e. The molecule has 0 unspecified atom stereocenters. The lowest BCUT2D eigenvalue weighted by molar-refractivity contribution is -0.139. The highest BCUT2D eigenvalue weighted by molar-refractivity contribution is 6.67. The number of nitrogens with one attached hydrogen (secondary N) is 2. The van der Waals surface area contributed by atoms with Crippen LogP contribution in [-0.4, -0.2) is 29.5 Å². The Balaban J connectivity index is 2.39. The number of para-hydroxylation sites is 1. The number of methoxy groups -OCH3 is 1. The molecule has 6 nitrogen and oxygen atoms in total. The summed E-state index contributed by atoms with van der Waals surface area (Å²) in [6.07, 6.45) is 0. The Morgan fingerprint density at radius 1 is 1.29 bits per heavy atom. The number of rotatable bonds is 4. The first-order valence-corrected chi connectivity index (χ1v) is 8.01. The van der Waals surface area contributed by atoms with Crippen molar-refractivity contribution in [2.75, 3.05) is 13.7 Å². The van der Waals surface area contributed by atoms with E-state index in [1.165, 1.54) is 7.11 Å². The molecule has 0 saturated heterocycles. The summed E-state index contributed by atoms with van der Waals surface area (Å²) < 4.78 is 8.63. The van der Waals surface area contributed by atoms with Crippen molar-refractivity contribution >= 4 is 46.8 Å². The fourth-order valence-corrected chi connectivity index (χ4v) is 2.49. The quantitative estimate of drug-likeness (QED) is 0.608. The van der Waals surface area contributed by atoms with Crippen LogP contribution in [0.2, 0.25) is 0 Å². The van der Waals surface area contributed by atoms with Crippen LogP contribution in [0.3, 0.4) is 0 Å². The van der Waals surface area contributed by atoms with Gasteiger partial charge in [-0.15, -0.1) is 0 Å². The zero-order valence-corrected chi connectivity index (χ0v) is 15.1. The lowest BCUT2D eigenvalue weighted by atomic mass is 9.95. The van der Waals surface area contributed by atoms with Crippen molar-refractivity contribution in [3.63, 3.8) is 0 Å². The maximum atomic E-state index is 12.5. The molecule has 0 aliphatic carbocycles. The fourth-order valence-electron chi connectivity index (χ4n) is 2.33. The van der Waals surface area contributed by atoms with Crippen molar-refractivity contribution in [3.05, 3.63) is 41.1 Å². The molecule has 24 heavy (non-hydrogen) atoms. The van der Waals surface area contributed by atoms with Gasteiger partial charge in [-0.2, -0.15) is 0 Å². The summed E-state index contributed by atoms with van der Waals surface area (Å²) >= 11 is 16.8. The van der Waals surface area contributed by atoms with Crippen LogP contribution in [0.1, 0.15) is 18.5 Å². The van der Waals surface area contributed by atoms with Crippen LogP contribution in [-0.2, 0) is 9.53 Å². The summed E-state index contributed by atoms with van der Waals surface area (Å²) in [7, 11) is 1.50. The third kappa shape index (κ3) is 4.47. The Bertz CT molecular complexity index is 686. The van der Waals surface area contributed by atoms with Gasteiger partial charge in [-0.3, -0.25) is 0 Å². The first kappa shape index (κ1) is 18.7. The second-order valence-corrected chi connectivity index (χ2v) is 7.52. The van der Waals surface area contributed by atoms with Gasteiger partial charge in [0, 0.05) is 11.3 Å². The molecule has 2 amide bonds. The van der Waals surface area contributed by atoms with Crippen LogP contribution in [0.5, 0.6) is 5.75 Å². The van der Waals surface area contributed by atoms with E-state index in [2.05, 4.69) is 10.6 Å². The van der Waals surface area contributed by atoms with E-state index in [0.717, 1.165) is 0 Å². The van der Waals surface area contributed by atoms with E-state index in [4.69, 9.17) is 44.3 Å². The van der Waals surface area contributed by atoms with Crippen molar-refractivity contribution in [2.24, 2.45) is 0 Å². The van der Waals surface area contributed by atoms with E-state index in [1.807, 2.05) is 0 Å². The Labute approximate surface area is 154 Å². The first-order chi connectivity index (χ1) is 11.2. The Hall–Kier alpha value is -1.63. The third-order valence-electron chi connectivity index (χ3n) is 3.31. The molecule has 2 N–H and O–H groups in total. The van der Waals surface area contributed by atoms with Crippen molar-refractivity contribution in [3.8, 4) is 5.75 Å². The normalized spacial score (nSPS) is 17.9. The fraction of sp³-hybridized carbons (Fsp3) is 0.333. The summed E-state index contributed by atoms with van der Waals surface area (Å²) in [6, 6.07) is 5.82. The molecule has 0 radical (unpaired) electrons. The van der Waals surface area contributed by atoms with Gasteiger partial charge in [-0.05, 0) is 13.0 Å². The van der Waals surface area contributed by atoms with E-state index in [0.29, 0.717) is 17.0 Å². The van der Waals surface area contributed by atoms with Gasteiger partial charge < -0.3 is 20.1 Å². The van der Waals surface area contributed by atoms with Crippen LogP contribution < -0.4 is 15.4 Å². The largest absolute Gasteiger partial charge is 0.496 e. The van der Waals surface area contributed by atoms with Gasteiger partial charge in [-0.1, -0.05) is 53.0 Å². The number of halogens is 3. The number of amides is 2. The molecule has 1 atom stereocenters. The van der Waals surface area contributed by atoms with E-state index in [9.17, 15) is 9.59 Å². The average molecular weight is 394 g/mol. The Kier molecular flexibility index (Phi) is 5.85. The molecule has 1 aliphatic rings. The maximum absolute atomic E-state index is 12.5. The zero-order valence-electron chi connectivity index (χ0n) is 12.9. The number of carbonyl (C=O) groups excluding carboxylic acids is 2. The van der Waals surface area contributed by atoms with Crippen molar-refractivity contribution < 1.29 is 19.1 Å². The molecule has 9 heteroatoms. The second kappa shape index (κ2) is 7.51. The number of alkyl halides is 3. The summed E-state index contributed by atoms with van der Waals surface area (Å²) in [4.78, 5) is 24.3. The molecule has 0 aromatic heterocycles. The molecule has 0 saturated carbocycles. The topological polar surface area (TPSA) is 76.7 Å². The SMILES string of the molecule is COc1ccccc1[C@@H]1NC(=O)NC(C)=C1C(=O)OCC(Cl)(Cl)Cl. The minimum absolute atomic E-state index is 0.202. The monoisotopic (exact) mass is 392 g/mol. The third-order valence-corrected chi connectivity index (χ3v) is 3.63. The van der Waals surface area contributed by atoms with E-state index in [1.54, 1.807) is 31.2 Å². The number of hydrogen-bond donors (Lipinski definition) is 2. The number of hydrogen-bond acceptors (Lipinski definition) is 4. The summed E-state index contributed by atoms with van der Waals surface area (Å²) in [6.45, 7) is 1.17. The molecule has 0 fully saturated rings. The Morgan fingerprint density at radius 3 is 2.58 bits per heavy atom. The molecule has 1 aliphatic heterocycles. The van der Waals surface area contributed by atoms with Crippen LogP contribution in [0.25, 0.3) is 0 Å². The molecule has 0 spiro atoms.